The number of rotatable bonds is 7. The molecule has 1 atom stereocenters. The maximum Gasteiger partial charge on any atom is 0.165 e. The lowest BCUT2D eigenvalue weighted by atomic mass is 10.00. The van der Waals surface area contributed by atoms with E-state index < -0.39 is 0 Å². The third-order valence-electron chi connectivity index (χ3n) is 3.46. The Kier molecular flexibility index (Phi) is 5.66. The first-order valence-corrected chi connectivity index (χ1v) is 6.90. The summed E-state index contributed by atoms with van der Waals surface area (Å²) in [5, 5.41) is 0. The number of halogens is 1. The van der Waals surface area contributed by atoms with Gasteiger partial charge in [0.15, 0.2) is 11.6 Å². The molecule has 2 rings (SSSR count). The quantitative estimate of drug-likeness (QED) is 0.606. The molecule has 1 aromatic carbocycles. The van der Waals surface area contributed by atoms with Gasteiger partial charge in [-0.3, -0.25) is 16.3 Å². The summed E-state index contributed by atoms with van der Waals surface area (Å²) < 4.78 is 18.6. The number of hydrogen-bond acceptors (Lipinski definition) is 4. The Balaban J connectivity index is 1.94. The van der Waals surface area contributed by atoms with Gasteiger partial charge in [-0.1, -0.05) is 6.07 Å². The van der Waals surface area contributed by atoms with Crippen molar-refractivity contribution >= 4 is 0 Å². The molecule has 1 aromatic heterocycles. The zero-order valence-electron chi connectivity index (χ0n) is 12.1. The fourth-order valence-electron chi connectivity index (χ4n) is 2.26. The zero-order chi connectivity index (χ0) is 15.1. The minimum absolute atomic E-state index is 0.0889. The normalized spacial score (nSPS) is 12.1. The lowest BCUT2D eigenvalue weighted by Crippen LogP contribution is -2.37. The molecule has 21 heavy (non-hydrogen) atoms. The van der Waals surface area contributed by atoms with Crippen LogP contribution in [0, 0.1) is 5.82 Å². The standard InChI is InChI=1S/C16H20FN3O/c1-21-16-5-3-13(11-15(16)17)10-14(20-18)4-2-12-6-8-19-9-7-12/h3,5-9,11,14,20H,2,4,10,18H2,1H3. The van der Waals surface area contributed by atoms with Crippen molar-refractivity contribution in [1.82, 2.24) is 10.4 Å². The van der Waals surface area contributed by atoms with Gasteiger partial charge in [0.1, 0.15) is 0 Å². The summed E-state index contributed by atoms with van der Waals surface area (Å²) in [4.78, 5) is 3.99. The lowest BCUT2D eigenvalue weighted by molar-refractivity contribution is 0.385. The van der Waals surface area contributed by atoms with Crippen LogP contribution in [0.15, 0.2) is 42.7 Å². The van der Waals surface area contributed by atoms with E-state index in [2.05, 4.69) is 10.4 Å². The van der Waals surface area contributed by atoms with Crippen LogP contribution in [0.3, 0.4) is 0 Å². The monoisotopic (exact) mass is 289 g/mol. The second-order valence-corrected chi connectivity index (χ2v) is 4.93. The van der Waals surface area contributed by atoms with Crippen LogP contribution < -0.4 is 16.0 Å². The number of aromatic nitrogens is 1. The second kappa shape index (κ2) is 7.71. The molecule has 0 aliphatic rings. The average molecular weight is 289 g/mol. The van der Waals surface area contributed by atoms with E-state index in [1.807, 2.05) is 18.2 Å². The molecule has 1 unspecified atom stereocenters. The van der Waals surface area contributed by atoms with Gasteiger partial charge in [0.25, 0.3) is 0 Å². The summed E-state index contributed by atoms with van der Waals surface area (Å²) in [6.45, 7) is 0. The molecule has 3 N–H and O–H groups in total. The van der Waals surface area contributed by atoms with Crippen molar-refractivity contribution in [3.63, 3.8) is 0 Å². The van der Waals surface area contributed by atoms with E-state index in [9.17, 15) is 4.39 Å². The minimum Gasteiger partial charge on any atom is -0.494 e. The number of aryl methyl sites for hydroxylation is 1. The molecule has 0 spiro atoms. The maximum atomic E-state index is 13.7. The van der Waals surface area contributed by atoms with Gasteiger partial charge >= 0.3 is 0 Å². The van der Waals surface area contributed by atoms with E-state index in [-0.39, 0.29) is 17.6 Å². The van der Waals surface area contributed by atoms with Crippen molar-refractivity contribution in [3.8, 4) is 5.75 Å². The number of pyridine rings is 1. The molecule has 0 saturated carbocycles. The van der Waals surface area contributed by atoms with Crippen molar-refractivity contribution < 1.29 is 9.13 Å². The highest BCUT2D eigenvalue weighted by atomic mass is 19.1. The van der Waals surface area contributed by atoms with E-state index >= 15 is 0 Å². The number of methoxy groups -OCH3 is 1. The third-order valence-corrected chi connectivity index (χ3v) is 3.46. The van der Waals surface area contributed by atoms with Gasteiger partial charge in [-0.15, -0.1) is 0 Å². The number of benzene rings is 1. The predicted octanol–water partition coefficient (Wildman–Crippen LogP) is 2.24. The van der Waals surface area contributed by atoms with Crippen LogP contribution in [0.25, 0.3) is 0 Å². The largest absolute Gasteiger partial charge is 0.494 e. The number of nitrogens with two attached hydrogens (primary N) is 1. The van der Waals surface area contributed by atoms with Gasteiger partial charge in [-0.05, 0) is 54.7 Å². The van der Waals surface area contributed by atoms with Crippen LogP contribution in [0.4, 0.5) is 4.39 Å². The summed E-state index contributed by atoms with van der Waals surface area (Å²) in [6, 6.07) is 9.06. The number of nitrogens with zero attached hydrogens (tertiary/aromatic N) is 1. The van der Waals surface area contributed by atoms with Crippen molar-refractivity contribution in [2.24, 2.45) is 5.84 Å². The number of hydrogen-bond donors (Lipinski definition) is 2. The fraction of sp³-hybridized carbons (Fsp3) is 0.312. The molecule has 4 nitrogen and oxygen atoms in total. The SMILES string of the molecule is COc1ccc(CC(CCc2ccncc2)NN)cc1F. The topological polar surface area (TPSA) is 60.2 Å². The lowest BCUT2D eigenvalue weighted by Gasteiger charge is -2.16. The highest BCUT2D eigenvalue weighted by Crippen LogP contribution is 2.19. The minimum atomic E-state index is -0.347. The van der Waals surface area contributed by atoms with Gasteiger partial charge < -0.3 is 4.74 Å². The molecule has 0 fully saturated rings. The Labute approximate surface area is 124 Å². The van der Waals surface area contributed by atoms with Gasteiger partial charge in [0, 0.05) is 18.4 Å². The van der Waals surface area contributed by atoms with Crippen LogP contribution >= 0.6 is 0 Å². The maximum absolute atomic E-state index is 13.7. The van der Waals surface area contributed by atoms with Crippen LogP contribution in [0.1, 0.15) is 17.5 Å². The van der Waals surface area contributed by atoms with Crippen LogP contribution in [0.2, 0.25) is 0 Å². The van der Waals surface area contributed by atoms with Gasteiger partial charge in [0.05, 0.1) is 7.11 Å². The van der Waals surface area contributed by atoms with Crippen molar-refractivity contribution in [2.75, 3.05) is 7.11 Å². The van der Waals surface area contributed by atoms with E-state index in [0.717, 1.165) is 18.4 Å². The van der Waals surface area contributed by atoms with E-state index in [0.29, 0.717) is 6.42 Å². The number of ether oxygens (including phenoxy) is 1. The molecule has 0 aliphatic heterocycles. The summed E-state index contributed by atoms with van der Waals surface area (Å²) in [5.74, 6) is 5.51. The predicted molar refractivity (Wildman–Crippen MR) is 80.3 cm³/mol. The first-order chi connectivity index (χ1) is 10.2. The van der Waals surface area contributed by atoms with E-state index in [4.69, 9.17) is 10.6 Å². The first-order valence-electron chi connectivity index (χ1n) is 6.90. The summed E-state index contributed by atoms with van der Waals surface area (Å²) in [6.07, 6.45) is 5.99. The van der Waals surface area contributed by atoms with Gasteiger partial charge in [-0.2, -0.15) is 0 Å². The summed E-state index contributed by atoms with van der Waals surface area (Å²) in [5.41, 5.74) is 4.91. The molecule has 1 heterocycles. The summed E-state index contributed by atoms with van der Waals surface area (Å²) in [7, 11) is 1.46. The fourth-order valence-corrected chi connectivity index (χ4v) is 2.26. The highest BCUT2D eigenvalue weighted by Gasteiger charge is 2.10. The molecular formula is C16H20FN3O. The molecule has 0 saturated heterocycles. The smallest absolute Gasteiger partial charge is 0.165 e. The summed E-state index contributed by atoms with van der Waals surface area (Å²) >= 11 is 0. The third kappa shape index (κ3) is 4.51. The van der Waals surface area contributed by atoms with Gasteiger partial charge in [-0.25, -0.2) is 4.39 Å². The molecule has 5 heteroatoms. The second-order valence-electron chi connectivity index (χ2n) is 4.93. The zero-order valence-corrected chi connectivity index (χ0v) is 12.1. The Morgan fingerprint density at radius 2 is 2.00 bits per heavy atom. The van der Waals surface area contributed by atoms with Crippen molar-refractivity contribution in [3.05, 3.63) is 59.7 Å². The molecule has 0 radical (unpaired) electrons. The van der Waals surface area contributed by atoms with E-state index in [1.54, 1.807) is 18.5 Å². The Hall–Kier alpha value is -1.98. The van der Waals surface area contributed by atoms with Crippen LogP contribution in [-0.4, -0.2) is 18.1 Å². The van der Waals surface area contributed by atoms with Crippen molar-refractivity contribution in [1.29, 1.82) is 0 Å². The van der Waals surface area contributed by atoms with Crippen LogP contribution in [-0.2, 0) is 12.8 Å². The Morgan fingerprint density at radius 3 is 2.62 bits per heavy atom. The molecule has 112 valence electrons. The Bertz CT molecular complexity index is 563. The average Bonchev–Trinajstić information content (AvgIpc) is 2.52. The number of nitrogens with one attached hydrogen (secondary N) is 1. The van der Waals surface area contributed by atoms with Crippen LogP contribution in [0.5, 0.6) is 5.75 Å². The molecule has 2 aromatic rings. The molecule has 0 aliphatic carbocycles. The van der Waals surface area contributed by atoms with E-state index in [1.165, 1.54) is 18.7 Å². The first kappa shape index (κ1) is 15.4. The highest BCUT2D eigenvalue weighted by molar-refractivity contribution is 5.29. The molecule has 0 amide bonds. The molecule has 0 bridgehead atoms. The Morgan fingerprint density at radius 1 is 1.24 bits per heavy atom. The van der Waals surface area contributed by atoms with Crippen molar-refractivity contribution in [2.45, 2.75) is 25.3 Å². The van der Waals surface area contributed by atoms with Gasteiger partial charge in [0.2, 0.25) is 0 Å². The molecular weight excluding hydrogens is 269 g/mol. The number of hydrazine groups is 1.